The van der Waals surface area contributed by atoms with Crippen LogP contribution in [0.5, 0.6) is 0 Å². The summed E-state index contributed by atoms with van der Waals surface area (Å²) in [5.41, 5.74) is 2.58. The molecule has 3 heteroatoms. The molecule has 0 bridgehead atoms. The van der Waals surface area contributed by atoms with E-state index in [1.54, 1.807) is 0 Å². The maximum Gasteiger partial charge on any atom is 0.304 e. The van der Waals surface area contributed by atoms with Gasteiger partial charge >= 0.3 is 5.97 Å². The minimum Gasteiger partial charge on any atom is -0.481 e. The molecule has 18 heavy (non-hydrogen) atoms. The Morgan fingerprint density at radius 1 is 1.33 bits per heavy atom. The van der Waals surface area contributed by atoms with Crippen molar-refractivity contribution in [2.45, 2.75) is 45.6 Å². The van der Waals surface area contributed by atoms with Crippen molar-refractivity contribution in [2.75, 3.05) is 6.54 Å². The zero-order valence-corrected chi connectivity index (χ0v) is 11.3. The van der Waals surface area contributed by atoms with E-state index in [1.807, 2.05) is 0 Å². The first-order valence-electron chi connectivity index (χ1n) is 6.67. The normalized spacial score (nSPS) is 12.3. The lowest BCUT2D eigenvalue weighted by Crippen LogP contribution is -2.21. The summed E-state index contributed by atoms with van der Waals surface area (Å²) in [4.78, 5) is 10.4. The molecule has 1 unspecified atom stereocenters. The van der Waals surface area contributed by atoms with Crippen LogP contribution < -0.4 is 5.32 Å². The standard InChI is InChI=1S/C15H23NO2/c1-3-4-5-13-6-8-14(9-7-13)12(2)16-11-10-15(17)18/h6-9,12,16H,3-5,10-11H2,1-2H3,(H,17,18). The van der Waals surface area contributed by atoms with E-state index in [-0.39, 0.29) is 12.5 Å². The number of unbranched alkanes of at least 4 members (excludes halogenated alkanes) is 1. The number of carbonyl (C=O) groups is 1. The molecule has 0 saturated carbocycles. The van der Waals surface area contributed by atoms with E-state index >= 15 is 0 Å². The molecular formula is C15H23NO2. The zero-order chi connectivity index (χ0) is 13.4. The molecule has 0 heterocycles. The number of rotatable bonds is 8. The Hall–Kier alpha value is -1.35. The SMILES string of the molecule is CCCCc1ccc(C(C)NCCC(=O)O)cc1. The fraction of sp³-hybridized carbons (Fsp3) is 0.533. The second kappa shape index (κ2) is 7.88. The van der Waals surface area contributed by atoms with Gasteiger partial charge in [0.2, 0.25) is 0 Å². The van der Waals surface area contributed by atoms with Crippen molar-refractivity contribution < 1.29 is 9.90 Å². The van der Waals surface area contributed by atoms with Crippen LogP contribution in [-0.4, -0.2) is 17.6 Å². The fourth-order valence-corrected chi connectivity index (χ4v) is 1.87. The highest BCUT2D eigenvalue weighted by Crippen LogP contribution is 2.14. The maximum absolute atomic E-state index is 10.4. The number of benzene rings is 1. The van der Waals surface area contributed by atoms with E-state index in [2.05, 4.69) is 43.4 Å². The Balaban J connectivity index is 2.43. The molecule has 0 fully saturated rings. The number of hydrogen-bond acceptors (Lipinski definition) is 2. The van der Waals surface area contributed by atoms with Crippen molar-refractivity contribution in [1.29, 1.82) is 0 Å². The van der Waals surface area contributed by atoms with E-state index in [0.29, 0.717) is 6.54 Å². The smallest absolute Gasteiger partial charge is 0.304 e. The van der Waals surface area contributed by atoms with Crippen LogP contribution in [0.1, 0.15) is 50.3 Å². The van der Waals surface area contributed by atoms with Crippen LogP contribution in [0, 0.1) is 0 Å². The van der Waals surface area contributed by atoms with Crippen LogP contribution in [0.15, 0.2) is 24.3 Å². The molecule has 0 amide bonds. The zero-order valence-electron chi connectivity index (χ0n) is 11.3. The van der Waals surface area contributed by atoms with Gasteiger partial charge in [-0.05, 0) is 30.9 Å². The van der Waals surface area contributed by atoms with Crippen molar-refractivity contribution in [3.8, 4) is 0 Å². The topological polar surface area (TPSA) is 49.3 Å². The Morgan fingerprint density at radius 3 is 2.56 bits per heavy atom. The third-order valence-corrected chi connectivity index (χ3v) is 3.09. The first kappa shape index (κ1) is 14.7. The third-order valence-electron chi connectivity index (χ3n) is 3.09. The van der Waals surface area contributed by atoms with Crippen LogP contribution in [0.3, 0.4) is 0 Å². The lowest BCUT2D eigenvalue weighted by atomic mass is 10.0. The number of nitrogens with one attached hydrogen (secondary N) is 1. The molecule has 0 aliphatic rings. The summed E-state index contributed by atoms with van der Waals surface area (Å²) >= 11 is 0. The summed E-state index contributed by atoms with van der Waals surface area (Å²) in [6.45, 7) is 4.76. The molecule has 0 aromatic heterocycles. The second-order valence-electron chi connectivity index (χ2n) is 4.66. The van der Waals surface area contributed by atoms with Crippen LogP contribution in [0.25, 0.3) is 0 Å². The van der Waals surface area contributed by atoms with E-state index < -0.39 is 5.97 Å². The van der Waals surface area contributed by atoms with Crippen molar-refractivity contribution in [3.63, 3.8) is 0 Å². The van der Waals surface area contributed by atoms with Crippen LogP contribution in [0.4, 0.5) is 0 Å². The van der Waals surface area contributed by atoms with Crippen molar-refractivity contribution in [3.05, 3.63) is 35.4 Å². The van der Waals surface area contributed by atoms with Gasteiger partial charge in [-0.15, -0.1) is 0 Å². The van der Waals surface area contributed by atoms with Gasteiger partial charge in [0.1, 0.15) is 0 Å². The van der Waals surface area contributed by atoms with Gasteiger partial charge in [0, 0.05) is 12.6 Å². The minimum atomic E-state index is -0.760. The highest BCUT2D eigenvalue weighted by Gasteiger charge is 2.05. The van der Waals surface area contributed by atoms with Gasteiger partial charge in [-0.25, -0.2) is 0 Å². The van der Waals surface area contributed by atoms with Crippen LogP contribution in [-0.2, 0) is 11.2 Å². The van der Waals surface area contributed by atoms with Gasteiger partial charge in [-0.3, -0.25) is 4.79 Å². The van der Waals surface area contributed by atoms with Gasteiger partial charge in [-0.1, -0.05) is 37.6 Å². The monoisotopic (exact) mass is 249 g/mol. The summed E-state index contributed by atoms with van der Waals surface area (Å²) in [6, 6.07) is 8.79. The summed E-state index contributed by atoms with van der Waals surface area (Å²) in [5, 5.41) is 11.8. The molecule has 1 rings (SSSR count). The Kier molecular flexibility index (Phi) is 6.44. The third kappa shape index (κ3) is 5.32. The first-order chi connectivity index (χ1) is 8.63. The lowest BCUT2D eigenvalue weighted by Gasteiger charge is -2.14. The molecule has 0 spiro atoms. The molecule has 0 radical (unpaired) electrons. The van der Waals surface area contributed by atoms with Crippen molar-refractivity contribution in [2.24, 2.45) is 0 Å². The molecule has 1 aromatic rings. The number of carboxylic acid groups (broad SMARTS) is 1. The molecular weight excluding hydrogens is 226 g/mol. The summed E-state index contributed by atoms with van der Waals surface area (Å²) in [7, 11) is 0. The van der Waals surface area contributed by atoms with Crippen molar-refractivity contribution >= 4 is 5.97 Å². The summed E-state index contributed by atoms with van der Waals surface area (Å²) in [6.07, 6.45) is 3.75. The Labute approximate surface area is 109 Å². The summed E-state index contributed by atoms with van der Waals surface area (Å²) in [5.74, 6) is -0.760. The van der Waals surface area contributed by atoms with Gasteiger partial charge < -0.3 is 10.4 Å². The molecule has 100 valence electrons. The lowest BCUT2D eigenvalue weighted by molar-refractivity contribution is -0.136. The highest BCUT2D eigenvalue weighted by molar-refractivity contribution is 5.66. The largest absolute Gasteiger partial charge is 0.481 e. The van der Waals surface area contributed by atoms with E-state index in [9.17, 15) is 4.79 Å². The molecule has 1 aromatic carbocycles. The first-order valence-corrected chi connectivity index (χ1v) is 6.67. The molecule has 0 aliphatic heterocycles. The quantitative estimate of drug-likeness (QED) is 0.744. The number of aryl methyl sites for hydroxylation is 1. The van der Waals surface area contributed by atoms with Crippen LogP contribution >= 0.6 is 0 Å². The predicted molar refractivity (Wildman–Crippen MR) is 73.7 cm³/mol. The van der Waals surface area contributed by atoms with Gasteiger partial charge in [-0.2, -0.15) is 0 Å². The highest BCUT2D eigenvalue weighted by atomic mass is 16.4. The summed E-state index contributed by atoms with van der Waals surface area (Å²) < 4.78 is 0. The minimum absolute atomic E-state index is 0.166. The number of hydrogen-bond donors (Lipinski definition) is 2. The average molecular weight is 249 g/mol. The van der Waals surface area contributed by atoms with Crippen LogP contribution in [0.2, 0.25) is 0 Å². The molecule has 0 aliphatic carbocycles. The van der Waals surface area contributed by atoms with Gasteiger partial charge in [0.15, 0.2) is 0 Å². The number of carboxylic acids is 1. The number of aliphatic carboxylic acids is 1. The molecule has 0 saturated heterocycles. The van der Waals surface area contributed by atoms with Gasteiger partial charge in [0.05, 0.1) is 6.42 Å². The second-order valence-corrected chi connectivity index (χ2v) is 4.66. The van der Waals surface area contributed by atoms with E-state index in [0.717, 1.165) is 6.42 Å². The maximum atomic E-state index is 10.4. The Bertz CT molecular complexity index is 359. The van der Waals surface area contributed by atoms with E-state index in [1.165, 1.54) is 24.0 Å². The van der Waals surface area contributed by atoms with Gasteiger partial charge in [0.25, 0.3) is 0 Å². The molecule has 2 N–H and O–H groups in total. The molecule has 1 atom stereocenters. The predicted octanol–water partition coefficient (Wildman–Crippen LogP) is 3.15. The van der Waals surface area contributed by atoms with Crippen molar-refractivity contribution in [1.82, 2.24) is 5.32 Å². The van der Waals surface area contributed by atoms with E-state index in [4.69, 9.17) is 5.11 Å². The Morgan fingerprint density at radius 2 is 2.00 bits per heavy atom. The fourth-order valence-electron chi connectivity index (χ4n) is 1.87. The molecule has 3 nitrogen and oxygen atoms in total. The average Bonchev–Trinajstić information content (AvgIpc) is 2.36.